The van der Waals surface area contributed by atoms with E-state index in [0.29, 0.717) is 73.3 Å². The number of piperidine rings is 6. The Labute approximate surface area is 685 Å². The third-order valence-corrected chi connectivity index (χ3v) is 27.5. The number of carbonyl (C=O) groups is 3. The Morgan fingerprint density at radius 2 is 0.848 bits per heavy atom. The first-order chi connectivity index (χ1) is 52.6. The number of cyclic esters (lactones) is 1. The summed E-state index contributed by atoms with van der Waals surface area (Å²) < 4.78 is 108. The summed E-state index contributed by atoms with van der Waals surface area (Å²) >= 11 is 5.81. The zero-order chi connectivity index (χ0) is 83.9. The van der Waals surface area contributed by atoms with Crippen molar-refractivity contribution in [2.75, 3.05) is 264 Å². The number of fused-ring (bicyclic) bond motifs is 1. The summed E-state index contributed by atoms with van der Waals surface area (Å²) in [6.07, 6.45) is 31.7. The molecule has 2 atom stereocenters. The van der Waals surface area contributed by atoms with Gasteiger partial charge in [-0.05, 0) is 303 Å². The van der Waals surface area contributed by atoms with Gasteiger partial charge in [0.05, 0.1) is 34.7 Å². The van der Waals surface area contributed by atoms with Gasteiger partial charge >= 0.3 is 6.09 Å². The predicted octanol–water partition coefficient (Wildman–Crippen LogP) is 10.3. The van der Waals surface area contributed by atoms with Crippen LogP contribution in [0.2, 0.25) is 5.02 Å². The van der Waals surface area contributed by atoms with E-state index in [0.717, 1.165) is 88.9 Å². The SMILES string of the molecule is CC1CC(F)(F)CN1.CN1C(=O)OCc2ccc(Cl)cc21.CN1CCC(C)(F)C1.CN1CCC(S(C)(=O)=O)CC1.CN1CCCC1.CN1CCCC1.CN1CCCC1=O.CN1CCCCC1.CN1CCCCC1.CN1CCCCC1.CN1CCCCC1.CN1CCCCC1=O.CN1CCCS1(=O)=O.CN1CCS(=O)(=O)CC1. The van der Waals surface area contributed by atoms with E-state index in [1.807, 2.05) is 51.1 Å². The first-order valence-electron chi connectivity index (χ1n) is 42.1. The molecule has 0 bridgehead atoms. The standard InChI is InChI=1S/C9H8ClNO2.C7H15NO2S.C6H12FN.C6H11NO.4C6H13N.C5H9F2N.C5H11NO2S.C5H9NO.2C5H11N.C4H9NO2S/c1-11-8-4-7(10)3-2-6(8)5-13-9(11)12;1-8-5-3-7(4-6-8)11(2,9)10;1-6(7)3-4-8(2)5-6;1-7-5-3-2-4-6(7)8;4*1-7-5-3-2-4-6-7;1-4-2-5(6,7)3-8-4;1-6-2-4-9(7,8)5-3-6;1-6-4-2-3-5(6)7;2*1-6-4-2-3-5-6;1-5-3-2-4-8(5,6)7/h2-4H,5H2,1H3;7H,3-6H2,1-2H3;3-5H2,1-2H3;2-5H2,1H3;4*2-6H2,1H3;4,8H,2-3H2,1H3;2-5H2,1H3;2-4H2,1H3;2*2-5H2,1H3;2-4H2,1H3. The lowest BCUT2D eigenvalue weighted by Gasteiger charge is -2.27. The fourth-order valence-electron chi connectivity index (χ4n) is 14.0. The second-order valence-electron chi connectivity index (χ2n) is 33.6. The molecule has 14 aliphatic heterocycles. The molecule has 112 heavy (non-hydrogen) atoms. The minimum absolute atomic E-state index is 0.00694. The van der Waals surface area contributed by atoms with Gasteiger partial charge in [-0.1, -0.05) is 43.4 Å². The van der Waals surface area contributed by atoms with E-state index in [-0.39, 0.29) is 30.4 Å². The summed E-state index contributed by atoms with van der Waals surface area (Å²) in [4.78, 5) is 57.9. The minimum atomic E-state index is -2.79. The monoisotopic (exact) mass is 1680 g/mol. The van der Waals surface area contributed by atoms with Crippen LogP contribution in [-0.4, -0.2) is 383 Å². The molecule has 3 amide bonds. The molecule has 0 saturated carbocycles. The maximum atomic E-state index is 12.8. The molecular weight excluding hydrogens is 1520 g/mol. The van der Waals surface area contributed by atoms with Gasteiger partial charge in [-0.3, -0.25) is 14.5 Å². The second-order valence-corrected chi connectivity index (χ2v) is 40.8. The molecule has 13 fully saturated rings. The summed E-state index contributed by atoms with van der Waals surface area (Å²) in [5, 5.41) is 3.20. The molecule has 24 nitrogen and oxygen atoms in total. The Morgan fingerprint density at radius 3 is 1.08 bits per heavy atom. The largest absolute Gasteiger partial charge is 0.444 e. The van der Waals surface area contributed by atoms with Crippen molar-refractivity contribution in [3.63, 3.8) is 0 Å². The van der Waals surface area contributed by atoms with Crippen LogP contribution in [0.15, 0.2) is 18.2 Å². The molecular formula is C81H158ClF3N14O10S3. The van der Waals surface area contributed by atoms with Crippen LogP contribution in [0, 0.1) is 0 Å². The van der Waals surface area contributed by atoms with Crippen molar-refractivity contribution in [1.82, 2.24) is 63.5 Å². The summed E-state index contributed by atoms with van der Waals surface area (Å²) in [5.74, 6) is -0.841. The number of sulfone groups is 2. The first kappa shape index (κ1) is 105. The third-order valence-electron chi connectivity index (χ3n) is 22.0. The smallest absolute Gasteiger partial charge is 0.414 e. The lowest BCUT2D eigenvalue weighted by Crippen LogP contribution is -2.37. The molecule has 1 aromatic rings. The minimum Gasteiger partial charge on any atom is -0.444 e. The topological polar surface area (TPSA) is 217 Å². The van der Waals surface area contributed by atoms with Crippen LogP contribution >= 0.6 is 11.6 Å². The third kappa shape index (κ3) is 51.3. The van der Waals surface area contributed by atoms with Crippen LogP contribution < -0.4 is 10.2 Å². The molecule has 0 radical (unpaired) electrons. The van der Waals surface area contributed by atoms with Gasteiger partial charge in [-0.25, -0.2) is 47.5 Å². The van der Waals surface area contributed by atoms with E-state index < -0.39 is 41.3 Å². The highest BCUT2D eigenvalue weighted by Gasteiger charge is 2.37. The van der Waals surface area contributed by atoms with Gasteiger partial charge in [0.2, 0.25) is 21.8 Å². The molecule has 0 aromatic heterocycles. The van der Waals surface area contributed by atoms with E-state index in [2.05, 4.69) is 81.9 Å². The number of likely N-dealkylation sites (tertiary alicyclic amines) is 10. The van der Waals surface area contributed by atoms with Crippen LogP contribution in [0.4, 0.5) is 23.7 Å². The number of nitrogens with one attached hydrogen (secondary N) is 1. The molecule has 1 N–H and O–H groups in total. The summed E-state index contributed by atoms with van der Waals surface area (Å²) in [6.45, 7) is 26.8. The van der Waals surface area contributed by atoms with Crippen molar-refractivity contribution in [2.45, 2.75) is 210 Å². The number of halogens is 4. The van der Waals surface area contributed by atoms with Gasteiger partial charge in [-0.2, -0.15) is 0 Å². The Kier molecular flexibility index (Phi) is 53.6. The van der Waals surface area contributed by atoms with Crippen molar-refractivity contribution >= 4 is 64.9 Å². The number of ether oxygens (including phenoxy) is 1. The molecule has 658 valence electrons. The molecule has 13 saturated heterocycles. The highest BCUT2D eigenvalue weighted by molar-refractivity contribution is 7.91. The van der Waals surface area contributed by atoms with Crippen molar-refractivity contribution < 1.29 is 57.5 Å². The zero-order valence-corrected chi connectivity index (χ0v) is 76.0. The number of nitrogens with zero attached hydrogens (tertiary/aromatic N) is 13. The Bertz CT molecular complexity index is 2910. The Morgan fingerprint density at radius 1 is 0.473 bits per heavy atom. The van der Waals surface area contributed by atoms with E-state index in [4.69, 9.17) is 16.3 Å². The molecule has 1 aromatic carbocycles. The number of amides is 3. The highest BCUT2D eigenvalue weighted by Crippen LogP contribution is 2.29. The second kappa shape index (κ2) is 57.2. The van der Waals surface area contributed by atoms with E-state index in [1.165, 1.54) is 203 Å². The quantitative estimate of drug-likeness (QED) is 0.276. The van der Waals surface area contributed by atoms with Crippen LogP contribution in [0.3, 0.4) is 0 Å². The highest BCUT2D eigenvalue weighted by atomic mass is 35.5. The summed E-state index contributed by atoms with van der Waals surface area (Å²) in [5.41, 5.74) is 0.893. The molecule has 14 aliphatic rings. The van der Waals surface area contributed by atoms with Gasteiger partial charge in [-0.15, -0.1) is 0 Å². The first-order valence-corrected chi connectivity index (χ1v) is 47.8. The van der Waals surface area contributed by atoms with E-state index in [9.17, 15) is 52.8 Å². The van der Waals surface area contributed by atoms with Crippen LogP contribution in [0.5, 0.6) is 0 Å². The van der Waals surface area contributed by atoms with Crippen molar-refractivity contribution in [3.05, 3.63) is 28.8 Å². The maximum absolute atomic E-state index is 12.8. The Balaban J connectivity index is 0.000000411. The number of anilines is 1. The van der Waals surface area contributed by atoms with Crippen LogP contribution in [-0.2, 0) is 50.6 Å². The number of sulfonamides is 1. The van der Waals surface area contributed by atoms with Gasteiger partial charge < -0.3 is 64.0 Å². The average Bonchev–Trinajstić information content (AvgIpc) is 1.34. The lowest BCUT2D eigenvalue weighted by atomic mass is 10.1. The van der Waals surface area contributed by atoms with Gasteiger partial charge in [0.25, 0.3) is 5.92 Å². The average molecular weight is 1680 g/mol. The number of alkyl halides is 3. The Hall–Kier alpha value is -3.08. The van der Waals surface area contributed by atoms with Crippen molar-refractivity contribution in [1.29, 1.82) is 0 Å². The molecule has 14 heterocycles. The van der Waals surface area contributed by atoms with E-state index >= 15 is 0 Å². The molecule has 31 heteroatoms. The number of rotatable bonds is 1. The van der Waals surface area contributed by atoms with Crippen LogP contribution in [0.1, 0.15) is 186 Å². The molecule has 0 aliphatic carbocycles. The van der Waals surface area contributed by atoms with Crippen molar-refractivity contribution in [3.8, 4) is 0 Å². The summed E-state index contributed by atoms with van der Waals surface area (Å²) in [7, 11) is 17.8. The number of carbonyl (C=O) groups excluding carboxylic acids is 3. The fraction of sp³-hybridized carbons (Fsp3) is 0.889. The van der Waals surface area contributed by atoms with Gasteiger partial charge in [0.1, 0.15) is 22.1 Å². The molecule has 2 unspecified atom stereocenters. The zero-order valence-electron chi connectivity index (χ0n) is 72.8. The van der Waals surface area contributed by atoms with Gasteiger partial charge in [0.15, 0.2) is 9.84 Å². The normalized spacial score (nSPS) is 25.8. The van der Waals surface area contributed by atoms with Gasteiger partial charge in [0, 0.05) is 116 Å². The summed E-state index contributed by atoms with van der Waals surface area (Å²) in [6, 6.07) is 5.40. The van der Waals surface area contributed by atoms with Crippen LogP contribution in [0.25, 0.3) is 0 Å². The van der Waals surface area contributed by atoms with Crippen molar-refractivity contribution in [2.24, 2.45) is 0 Å². The predicted molar refractivity (Wildman–Crippen MR) is 458 cm³/mol. The number of hydrogen-bond donors (Lipinski definition) is 1. The van der Waals surface area contributed by atoms with E-state index in [1.54, 1.807) is 49.9 Å². The molecule has 15 rings (SSSR count). The number of benzene rings is 1. The fourth-order valence-corrected chi connectivity index (χ4v) is 17.9. The maximum Gasteiger partial charge on any atom is 0.414 e. The lowest BCUT2D eigenvalue weighted by molar-refractivity contribution is -0.131. The number of hydrogen-bond acceptors (Lipinski definition) is 20. The molecule has 0 spiro atoms.